The molecule has 0 bridgehead atoms. The van der Waals surface area contributed by atoms with Crippen molar-refractivity contribution in [3.63, 3.8) is 0 Å². The summed E-state index contributed by atoms with van der Waals surface area (Å²) in [5, 5.41) is 0. The van der Waals surface area contributed by atoms with Crippen LogP contribution in [0.25, 0.3) is 0 Å². The first-order valence-corrected chi connectivity index (χ1v) is 4.29. The van der Waals surface area contributed by atoms with E-state index in [0.29, 0.717) is 0 Å². The molecule has 0 aromatic carbocycles. The number of hydrogen-bond acceptors (Lipinski definition) is 2. The van der Waals surface area contributed by atoms with E-state index < -0.39 is 0 Å². The second kappa shape index (κ2) is 3.65. The zero-order valence-corrected chi connectivity index (χ0v) is 7.44. The summed E-state index contributed by atoms with van der Waals surface area (Å²) in [4.78, 5) is 21.4. The van der Waals surface area contributed by atoms with Crippen molar-refractivity contribution in [1.29, 1.82) is 0 Å². The molecular weight excluding hydrogens is 152 g/mol. The third-order valence-electron chi connectivity index (χ3n) is 2.69. The molecule has 0 heterocycles. The number of carbonyl (C=O) groups is 2. The number of hydrogen-bond donors (Lipinski definition) is 0. The number of rotatable bonds is 2. The molecule has 4 atom stereocenters. The summed E-state index contributed by atoms with van der Waals surface area (Å²) in [6.07, 6.45) is 5.85. The first-order chi connectivity index (χ1) is 5.70. The molecule has 0 spiro atoms. The Labute approximate surface area is 72.7 Å². The summed E-state index contributed by atoms with van der Waals surface area (Å²) in [6.45, 7) is 3.94. The highest BCUT2D eigenvalue weighted by atomic mass is 16.1. The quantitative estimate of drug-likeness (QED) is 0.459. The van der Waals surface area contributed by atoms with Crippen molar-refractivity contribution in [2.75, 3.05) is 0 Å². The third-order valence-corrected chi connectivity index (χ3v) is 2.69. The third kappa shape index (κ3) is 1.47. The minimum atomic E-state index is -0.123. The monoisotopic (exact) mass is 166 g/mol. The molecule has 1 aliphatic carbocycles. The summed E-state index contributed by atoms with van der Waals surface area (Å²) in [7, 11) is 0. The van der Waals surface area contributed by atoms with Crippen LogP contribution in [-0.4, -0.2) is 12.6 Å². The maximum Gasteiger partial charge on any atom is 0.124 e. The molecule has 2 nitrogen and oxygen atoms in total. The van der Waals surface area contributed by atoms with Crippen LogP contribution >= 0.6 is 0 Å². The predicted molar refractivity (Wildman–Crippen MR) is 46.6 cm³/mol. The number of allylic oxidation sites excluding steroid dienone is 2. The van der Waals surface area contributed by atoms with Crippen molar-refractivity contribution in [1.82, 2.24) is 0 Å². The van der Waals surface area contributed by atoms with Gasteiger partial charge in [0.05, 0.1) is 0 Å². The first kappa shape index (κ1) is 9.17. The molecule has 1 aliphatic rings. The molecule has 66 valence electrons. The molecular formula is C10H14O2. The normalized spacial score (nSPS) is 40.8. The standard InChI is InChI=1S/C10H14O2/c1-7-3-4-8(2)10(6-12)9(7)5-11/h3-10H,1-2H3. The molecule has 0 N–H and O–H groups in total. The van der Waals surface area contributed by atoms with Gasteiger partial charge in [0, 0.05) is 11.8 Å². The van der Waals surface area contributed by atoms with E-state index in [1.165, 1.54) is 0 Å². The summed E-state index contributed by atoms with van der Waals surface area (Å²) in [5.41, 5.74) is 0. The molecule has 4 unspecified atom stereocenters. The fourth-order valence-electron chi connectivity index (χ4n) is 1.74. The number of aldehydes is 2. The summed E-state index contributed by atoms with van der Waals surface area (Å²) >= 11 is 0. The van der Waals surface area contributed by atoms with Crippen molar-refractivity contribution in [3.8, 4) is 0 Å². The van der Waals surface area contributed by atoms with Gasteiger partial charge in [0.15, 0.2) is 0 Å². The van der Waals surface area contributed by atoms with Gasteiger partial charge in [0.1, 0.15) is 12.6 Å². The van der Waals surface area contributed by atoms with Gasteiger partial charge in [-0.3, -0.25) is 0 Å². The van der Waals surface area contributed by atoms with E-state index in [2.05, 4.69) is 0 Å². The van der Waals surface area contributed by atoms with Gasteiger partial charge in [-0.15, -0.1) is 0 Å². The lowest BCUT2D eigenvalue weighted by molar-refractivity contribution is -0.121. The van der Waals surface area contributed by atoms with E-state index in [1.807, 2.05) is 26.0 Å². The fraction of sp³-hybridized carbons (Fsp3) is 0.600. The van der Waals surface area contributed by atoms with E-state index in [-0.39, 0.29) is 23.7 Å². The molecule has 0 amide bonds. The van der Waals surface area contributed by atoms with E-state index in [0.717, 1.165) is 12.6 Å². The van der Waals surface area contributed by atoms with Crippen LogP contribution in [0.1, 0.15) is 13.8 Å². The molecule has 0 fully saturated rings. The molecule has 0 aromatic heterocycles. The van der Waals surface area contributed by atoms with Crippen LogP contribution in [0.3, 0.4) is 0 Å². The Morgan fingerprint density at radius 1 is 0.917 bits per heavy atom. The lowest BCUT2D eigenvalue weighted by Crippen LogP contribution is -2.31. The Hall–Kier alpha value is -0.920. The van der Waals surface area contributed by atoms with Crippen molar-refractivity contribution in [2.45, 2.75) is 13.8 Å². The molecule has 0 aromatic rings. The maximum atomic E-state index is 10.7. The van der Waals surface area contributed by atoms with Crippen molar-refractivity contribution < 1.29 is 9.59 Å². The lowest BCUT2D eigenvalue weighted by atomic mass is 9.73. The van der Waals surface area contributed by atoms with Crippen LogP contribution < -0.4 is 0 Å². The van der Waals surface area contributed by atoms with Gasteiger partial charge in [-0.05, 0) is 11.8 Å². The second-order valence-corrected chi connectivity index (χ2v) is 3.53. The molecule has 0 aliphatic heterocycles. The highest BCUT2D eigenvalue weighted by Gasteiger charge is 2.31. The summed E-state index contributed by atoms with van der Waals surface area (Å²) < 4.78 is 0. The maximum absolute atomic E-state index is 10.7. The zero-order chi connectivity index (χ0) is 9.14. The average Bonchev–Trinajstić information content (AvgIpc) is 2.08. The fourth-order valence-corrected chi connectivity index (χ4v) is 1.74. The van der Waals surface area contributed by atoms with Crippen LogP contribution in [-0.2, 0) is 9.59 Å². The van der Waals surface area contributed by atoms with E-state index in [9.17, 15) is 9.59 Å². The zero-order valence-electron chi connectivity index (χ0n) is 7.44. The SMILES string of the molecule is CC1C=CC(C)C(C=O)C1C=O. The van der Waals surface area contributed by atoms with Crippen LogP contribution in [0.2, 0.25) is 0 Å². The molecule has 12 heavy (non-hydrogen) atoms. The van der Waals surface area contributed by atoms with E-state index in [4.69, 9.17) is 0 Å². The highest BCUT2D eigenvalue weighted by molar-refractivity contribution is 5.66. The van der Waals surface area contributed by atoms with Crippen LogP contribution in [0.5, 0.6) is 0 Å². The first-order valence-electron chi connectivity index (χ1n) is 4.29. The van der Waals surface area contributed by atoms with Crippen LogP contribution in [0.4, 0.5) is 0 Å². The highest BCUT2D eigenvalue weighted by Crippen LogP contribution is 2.31. The minimum Gasteiger partial charge on any atom is -0.303 e. The van der Waals surface area contributed by atoms with Crippen LogP contribution in [0.15, 0.2) is 12.2 Å². The number of carbonyl (C=O) groups excluding carboxylic acids is 2. The Kier molecular flexibility index (Phi) is 2.79. The van der Waals surface area contributed by atoms with Gasteiger partial charge in [0.25, 0.3) is 0 Å². The summed E-state index contributed by atoms with van der Waals surface area (Å²) in [6, 6.07) is 0. The van der Waals surface area contributed by atoms with Crippen molar-refractivity contribution in [3.05, 3.63) is 12.2 Å². The van der Waals surface area contributed by atoms with Crippen molar-refractivity contribution in [2.24, 2.45) is 23.7 Å². The molecule has 0 saturated heterocycles. The summed E-state index contributed by atoms with van der Waals surface area (Å²) in [5.74, 6) is 0.160. The van der Waals surface area contributed by atoms with Gasteiger partial charge in [0.2, 0.25) is 0 Å². The largest absolute Gasteiger partial charge is 0.303 e. The van der Waals surface area contributed by atoms with Gasteiger partial charge in [-0.1, -0.05) is 26.0 Å². The van der Waals surface area contributed by atoms with Gasteiger partial charge in [-0.2, -0.15) is 0 Å². The molecule has 0 saturated carbocycles. The minimum absolute atomic E-state index is 0.123. The molecule has 1 rings (SSSR count). The molecule has 2 heteroatoms. The predicted octanol–water partition coefficient (Wildman–Crippen LogP) is 1.46. The van der Waals surface area contributed by atoms with Gasteiger partial charge >= 0.3 is 0 Å². The lowest BCUT2D eigenvalue weighted by Gasteiger charge is -2.29. The Bertz CT molecular complexity index is 186. The second-order valence-electron chi connectivity index (χ2n) is 3.53. The Balaban J connectivity index is 2.87. The van der Waals surface area contributed by atoms with Crippen molar-refractivity contribution >= 4 is 12.6 Å². The van der Waals surface area contributed by atoms with E-state index in [1.54, 1.807) is 0 Å². The topological polar surface area (TPSA) is 34.1 Å². The van der Waals surface area contributed by atoms with E-state index >= 15 is 0 Å². The molecule has 0 radical (unpaired) electrons. The van der Waals surface area contributed by atoms with Crippen LogP contribution in [0, 0.1) is 23.7 Å². The average molecular weight is 166 g/mol. The smallest absolute Gasteiger partial charge is 0.124 e. The van der Waals surface area contributed by atoms with Gasteiger partial charge in [-0.25, -0.2) is 0 Å². The Morgan fingerprint density at radius 3 is 1.50 bits per heavy atom. The Morgan fingerprint density at radius 2 is 1.25 bits per heavy atom. The van der Waals surface area contributed by atoms with Gasteiger partial charge < -0.3 is 9.59 Å².